The second-order valence-electron chi connectivity index (χ2n) is 11.3. The van der Waals surface area contributed by atoms with Gasteiger partial charge in [0, 0.05) is 20.1 Å². The lowest BCUT2D eigenvalue weighted by Crippen LogP contribution is -2.57. The number of thiol groups is 1. The van der Waals surface area contributed by atoms with Crippen molar-refractivity contribution in [2.45, 2.75) is 69.2 Å². The summed E-state index contributed by atoms with van der Waals surface area (Å²) in [4.78, 5) is 68.0. The Morgan fingerprint density at radius 1 is 0.929 bits per heavy atom. The van der Waals surface area contributed by atoms with E-state index in [-0.39, 0.29) is 47.9 Å². The van der Waals surface area contributed by atoms with Crippen LogP contribution in [0.4, 0.5) is 0 Å². The van der Waals surface area contributed by atoms with Gasteiger partial charge in [-0.25, -0.2) is 0 Å². The monoisotopic (exact) mass is 592 g/mol. The Morgan fingerprint density at radius 2 is 1.55 bits per heavy atom. The number of unbranched alkanes of at least 4 members (excludes halogenated alkanes) is 1. The minimum absolute atomic E-state index is 0.0287. The fraction of sp³-hybridized carbons (Fsp3) is 0.469. The third-order valence-corrected chi connectivity index (χ3v) is 8.67. The number of imide groups is 1. The highest BCUT2D eigenvalue weighted by molar-refractivity contribution is 7.81. The fourth-order valence-electron chi connectivity index (χ4n) is 5.93. The van der Waals surface area contributed by atoms with E-state index in [0.717, 1.165) is 5.56 Å². The molecule has 1 fully saturated rings. The van der Waals surface area contributed by atoms with Gasteiger partial charge in [0.2, 0.25) is 17.7 Å². The Morgan fingerprint density at radius 3 is 2.14 bits per heavy atom. The predicted molar refractivity (Wildman–Crippen MR) is 163 cm³/mol. The Hall–Kier alpha value is -3.66. The normalized spacial score (nSPS) is 20.3. The molecular weight excluding hydrogens is 552 g/mol. The van der Waals surface area contributed by atoms with Crippen LogP contribution in [-0.4, -0.2) is 76.8 Å². The molecule has 1 saturated heterocycles. The van der Waals surface area contributed by atoms with Gasteiger partial charge in [-0.15, -0.1) is 0 Å². The zero-order valence-corrected chi connectivity index (χ0v) is 25.3. The predicted octanol–water partition coefficient (Wildman–Crippen LogP) is 3.41. The number of hydrogen-bond acceptors (Lipinski definition) is 6. The van der Waals surface area contributed by atoms with Gasteiger partial charge in [-0.05, 0) is 55.2 Å². The molecular formula is C32H40N4O5S. The maximum Gasteiger partial charge on any atom is 0.261 e. The van der Waals surface area contributed by atoms with Crippen LogP contribution in [0.2, 0.25) is 0 Å². The van der Waals surface area contributed by atoms with E-state index >= 15 is 0 Å². The average Bonchev–Trinajstić information content (AvgIpc) is 3.12. The number of likely N-dealkylation sites (N-methyl/N-ethyl adjacent to an activating group) is 1. The molecule has 10 heteroatoms. The molecule has 42 heavy (non-hydrogen) atoms. The van der Waals surface area contributed by atoms with Gasteiger partial charge in [-0.1, -0.05) is 62.7 Å². The molecule has 2 N–H and O–H groups in total. The molecule has 4 atom stereocenters. The summed E-state index contributed by atoms with van der Waals surface area (Å²) in [5, 5.41) is 4.95. The van der Waals surface area contributed by atoms with Crippen LogP contribution in [-0.2, 0) is 14.4 Å². The average molecular weight is 593 g/mol. The summed E-state index contributed by atoms with van der Waals surface area (Å²) in [6.45, 7) is 4.49. The summed E-state index contributed by atoms with van der Waals surface area (Å²) in [6.07, 6.45) is 2.61. The van der Waals surface area contributed by atoms with Crippen molar-refractivity contribution in [1.29, 1.82) is 0 Å². The van der Waals surface area contributed by atoms with Gasteiger partial charge in [0.15, 0.2) is 0 Å². The number of rotatable bonds is 11. The van der Waals surface area contributed by atoms with Crippen molar-refractivity contribution in [3.8, 4) is 0 Å². The van der Waals surface area contributed by atoms with E-state index in [2.05, 4.69) is 23.3 Å². The molecule has 224 valence electrons. The van der Waals surface area contributed by atoms with Crippen molar-refractivity contribution in [3.63, 3.8) is 0 Å². The van der Waals surface area contributed by atoms with E-state index in [1.807, 2.05) is 44.2 Å². The van der Waals surface area contributed by atoms with Gasteiger partial charge in [-0.3, -0.25) is 28.9 Å². The molecule has 4 rings (SSSR count). The van der Waals surface area contributed by atoms with Crippen LogP contribution in [0.3, 0.4) is 0 Å². The Labute approximate surface area is 252 Å². The molecule has 0 unspecified atom stereocenters. The molecule has 0 bridgehead atoms. The third-order valence-electron chi connectivity index (χ3n) is 8.18. The molecule has 2 aliphatic rings. The van der Waals surface area contributed by atoms with Gasteiger partial charge in [0.05, 0.1) is 16.4 Å². The molecule has 0 aromatic heterocycles. The highest BCUT2D eigenvalue weighted by Crippen LogP contribution is 2.31. The van der Waals surface area contributed by atoms with Crippen molar-refractivity contribution in [1.82, 2.24) is 20.4 Å². The number of carbonyl (C=O) groups is 5. The van der Waals surface area contributed by atoms with Crippen LogP contribution < -0.4 is 10.6 Å². The Bertz CT molecular complexity index is 1280. The molecule has 2 aromatic rings. The zero-order chi connectivity index (χ0) is 30.4. The molecule has 5 amide bonds. The molecule has 9 nitrogen and oxygen atoms in total. The van der Waals surface area contributed by atoms with Crippen LogP contribution in [0.15, 0.2) is 54.6 Å². The second-order valence-corrected chi connectivity index (χ2v) is 12.0. The lowest BCUT2D eigenvalue weighted by Gasteiger charge is -2.34. The van der Waals surface area contributed by atoms with Gasteiger partial charge in [0.1, 0.15) is 12.1 Å². The van der Waals surface area contributed by atoms with Crippen LogP contribution >= 0.6 is 12.6 Å². The molecule has 0 saturated carbocycles. The van der Waals surface area contributed by atoms with E-state index in [4.69, 9.17) is 0 Å². The highest BCUT2D eigenvalue weighted by atomic mass is 32.1. The summed E-state index contributed by atoms with van der Waals surface area (Å²) in [7, 11) is 1.56. The van der Waals surface area contributed by atoms with Crippen LogP contribution in [0.25, 0.3) is 0 Å². The third kappa shape index (κ3) is 6.86. The first-order valence-electron chi connectivity index (χ1n) is 14.6. The smallest absolute Gasteiger partial charge is 0.261 e. The molecule has 0 spiro atoms. The van der Waals surface area contributed by atoms with Crippen molar-refractivity contribution >= 4 is 42.2 Å². The quantitative estimate of drug-likeness (QED) is 0.210. The van der Waals surface area contributed by atoms with Gasteiger partial charge >= 0.3 is 0 Å². The summed E-state index contributed by atoms with van der Waals surface area (Å²) in [5.74, 6) is -1.53. The minimum Gasteiger partial charge on any atom is -0.357 e. The molecule has 2 heterocycles. The van der Waals surface area contributed by atoms with Crippen molar-refractivity contribution < 1.29 is 24.0 Å². The van der Waals surface area contributed by atoms with E-state index in [0.29, 0.717) is 49.8 Å². The lowest BCUT2D eigenvalue weighted by atomic mass is 9.90. The van der Waals surface area contributed by atoms with Crippen molar-refractivity contribution in [3.05, 3.63) is 71.3 Å². The van der Waals surface area contributed by atoms with Crippen molar-refractivity contribution in [2.24, 2.45) is 5.92 Å². The van der Waals surface area contributed by atoms with Crippen LogP contribution in [0.5, 0.6) is 0 Å². The maximum absolute atomic E-state index is 13.8. The Kier molecular flexibility index (Phi) is 10.4. The number of likely N-dealkylation sites (tertiary alicyclic amines) is 1. The number of fused-ring (bicyclic) bond motifs is 1. The Balaban J connectivity index is 1.39. The molecule has 2 aliphatic heterocycles. The SMILES string of the molecule is CNC(=O)[C@H](C(C)C)N1CC[C@@H](c2ccccc2)C[C@H](NC(=O)[C@@H](S)CCCCN2C(=O)c3ccccc3C2=O)C1=O. The number of nitrogens with one attached hydrogen (secondary N) is 2. The van der Waals surface area contributed by atoms with Crippen LogP contribution in [0.1, 0.15) is 78.1 Å². The number of benzene rings is 2. The fourth-order valence-corrected chi connectivity index (χ4v) is 6.19. The van der Waals surface area contributed by atoms with Crippen LogP contribution in [0, 0.1) is 5.92 Å². The largest absolute Gasteiger partial charge is 0.357 e. The minimum atomic E-state index is -0.802. The number of nitrogens with zero attached hydrogens (tertiary/aromatic N) is 2. The molecule has 2 aromatic carbocycles. The topological polar surface area (TPSA) is 116 Å². The highest BCUT2D eigenvalue weighted by Gasteiger charge is 2.40. The summed E-state index contributed by atoms with van der Waals surface area (Å²) >= 11 is 4.53. The standard InChI is InChI=1S/C32H40N4O5S/c1-20(2)27(29(38)33-3)35-18-16-22(21-11-5-4-6-12-21)19-25(32(35)41)34-28(37)26(42)15-9-10-17-36-30(39)23-13-7-8-14-24(23)31(36)40/h4-8,11-14,20,22,25-27,42H,9-10,15-19H2,1-3H3,(H,33,38)(H,34,37)/t22-,25+,26+,27+/m1/s1. The first kappa shape index (κ1) is 31.3. The summed E-state index contributed by atoms with van der Waals surface area (Å²) in [6, 6.07) is 15.2. The van der Waals surface area contributed by atoms with E-state index in [9.17, 15) is 24.0 Å². The lowest BCUT2D eigenvalue weighted by molar-refractivity contribution is -0.144. The molecule has 0 radical (unpaired) electrons. The van der Waals surface area contributed by atoms with Gasteiger partial charge < -0.3 is 15.5 Å². The molecule has 0 aliphatic carbocycles. The summed E-state index contributed by atoms with van der Waals surface area (Å²) in [5.41, 5.74) is 1.92. The number of carbonyl (C=O) groups excluding carboxylic acids is 5. The van der Waals surface area contributed by atoms with Crippen molar-refractivity contribution in [2.75, 3.05) is 20.1 Å². The number of amides is 5. The maximum atomic E-state index is 13.8. The first-order chi connectivity index (χ1) is 20.1. The van der Waals surface area contributed by atoms with E-state index in [1.54, 1.807) is 36.2 Å². The second kappa shape index (κ2) is 14.0. The number of hydrogen-bond donors (Lipinski definition) is 3. The first-order valence-corrected chi connectivity index (χ1v) is 15.2. The van der Waals surface area contributed by atoms with Gasteiger partial charge in [-0.2, -0.15) is 12.6 Å². The van der Waals surface area contributed by atoms with Gasteiger partial charge in [0.25, 0.3) is 11.8 Å². The van der Waals surface area contributed by atoms with E-state index < -0.39 is 17.3 Å². The zero-order valence-electron chi connectivity index (χ0n) is 24.4. The summed E-state index contributed by atoms with van der Waals surface area (Å²) < 4.78 is 0. The van der Waals surface area contributed by atoms with E-state index in [1.165, 1.54) is 4.90 Å².